The maximum Gasteiger partial charge on any atom is 0.0602 e. The van der Waals surface area contributed by atoms with E-state index < -0.39 is 0 Å². The van der Waals surface area contributed by atoms with Crippen LogP contribution in [0.5, 0.6) is 0 Å². The Bertz CT molecular complexity index is 321. The molecule has 0 saturated carbocycles. The lowest BCUT2D eigenvalue weighted by molar-refractivity contribution is 0.837. The van der Waals surface area contributed by atoms with E-state index in [1.807, 2.05) is 13.8 Å². The maximum absolute atomic E-state index is 3.47. The molecule has 0 amide bonds. The molecule has 0 atom stereocenters. The van der Waals surface area contributed by atoms with E-state index in [9.17, 15) is 0 Å². The Morgan fingerprint density at radius 1 is 1.31 bits per heavy atom. The van der Waals surface area contributed by atoms with E-state index in [2.05, 4.69) is 42.4 Å². The topological polar surface area (TPSA) is 15.3 Å². The van der Waals surface area contributed by atoms with Crippen molar-refractivity contribution in [2.75, 3.05) is 30.4 Å². The van der Waals surface area contributed by atoms with Gasteiger partial charge in [0.05, 0.1) is 11.4 Å². The molecule has 0 saturated heterocycles. The maximum atomic E-state index is 3.47. The van der Waals surface area contributed by atoms with Crippen molar-refractivity contribution in [3.05, 3.63) is 23.8 Å². The van der Waals surface area contributed by atoms with E-state index in [-0.39, 0.29) is 0 Å². The fourth-order valence-corrected chi connectivity index (χ4v) is 1.92. The number of aryl methyl sites for hydroxylation is 1. The number of nitrogens with zero attached hydrogens (tertiary/aromatic N) is 1. The molecule has 90 valence electrons. The van der Waals surface area contributed by atoms with Crippen LogP contribution in [-0.4, -0.2) is 20.1 Å². The number of anilines is 2. The van der Waals surface area contributed by atoms with E-state index in [4.69, 9.17) is 0 Å². The number of hydrogen-bond donors (Lipinski definition) is 1. The van der Waals surface area contributed by atoms with Crippen LogP contribution in [0.4, 0.5) is 11.4 Å². The standard InChI is InChI=1S/C12H18N2.C2H6/c1-3-10-5-6-11-12(9-10)14(2)8-4-7-13-11;1-2/h5-6,9,13H,3-4,7-8H2,1-2H3;1-2H3. The molecule has 0 radical (unpaired) electrons. The van der Waals surface area contributed by atoms with E-state index >= 15 is 0 Å². The van der Waals surface area contributed by atoms with Crippen molar-refractivity contribution in [2.24, 2.45) is 0 Å². The highest BCUT2D eigenvalue weighted by molar-refractivity contribution is 5.71. The normalized spacial score (nSPS) is 14.1. The molecule has 16 heavy (non-hydrogen) atoms. The molecular weight excluding hydrogens is 196 g/mol. The minimum absolute atomic E-state index is 1.09. The van der Waals surface area contributed by atoms with E-state index in [0.717, 1.165) is 19.5 Å². The van der Waals surface area contributed by atoms with Crippen LogP contribution in [0, 0.1) is 0 Å². The van der Waals surface area contributed by atoms with Crippen LogP contribution in [0.1, 0.15) is 32.8 Å². The van der Waals surface area contributed by atoms with Crippen molar-refractivity contribution >= 4 is 11.4 Å². The summed E-state index contributed by atoms with van der Waals surface area (Å²) in [5.41, 5.74) is 4.04. The predicted octanol–water partition coefficient (Wildman–Crippen LogP) is 3.53. The molecule has 0 fully saturated rings. The molecule has 1 aromatic rings. The van der Waals surface area contributed by atoms with Gasteiger partial charge in [0, 0.05) is 20.1 Å². The molecule has 1 N–H and O–H groups in total. The third-order valence-corrected chi connectivity index (χ3v) is 2.87. The molecule has 2 heteroatoms. The van der Waals surface area contributed by atoms with Crippen molar-refractivity contribution in [1.29, 1.82) is 0 Å². The molecule has 0 aliphatic carbocycles. The highest BCUT2D eigenvalue weighted by Gasteiger charge is 2.11. The first-order valence-electron chi connectivity index (χ1n) is 6.39. The summed E-state index contributed by atoms with van der Waals surface area (Å²) in [7, 11) is 2.17. The van der Waals surface area contributed by atoms with Gasteiger partial charge in [-0.3, -0.25) is 0 Å². The molecule has 2 rings (SSSR count). The van der Waals surface area contributed by atoms with Gasteiger partial charge in [-0.2, -0.15) is 0 Å². The Kier molecular flexibility index (Phi) is 5.17. The Labute approximate surface area is 99.7 Å². The first kappa shape index (κ1) is 12.9. The summed E-state index contributed by atoms with van der Waals surface area (Å²) in [5.74, 6) is 0. The van der Waals surface area contributed by atoms with Crippen LogP contribution >= 0.6 is 0 Å². The molecule has 1 aliphatic heterocycles. The first-order valence-corrected chi connectivity index (χ1v) is 6.39. The van der Waals surface area contributed by atoms with Crippen molar-refractivity contribution in [1.82, 2.24) is 0 Å². The zero-order chi connectivity index (χ0) is 12.0. The Balaban J connectivity index is 0.000000606. The molecule has 0 bridgehead atoms. The predicted molar refractivity (Wildman–Crippen MR) is 73.5 cm³/mol. The molecule has 2 nitrogen and oxygen atoms in total. The molecule has 0 aromatic heterocycles. The van der Waals surface area contributed by atoms with Crippen molar-refractivity contribution in [3.63, 3.8) is 0 Å². The summed E-state index contributed by atoms with van der Waals surface area (Å²) in [5, 5.41) is 3.47. The van der Waals surface area contributed by atoms with Gasteiger partial charge in [-0.05, 0) is 30.5 Å². The summed E-state index contributed by atoms with van der Waals surface area (Å²) in [6.45, 7) is 8.43. The average Bonchev–Trinajstić information content (AvgIpc) is 2.54. The molecule has 0 spiro atoms. The van der Waals surface area contributed by atoms with E-state index in [1.54, 1.807) is 0 Å². The quantitative estimate of drug-likeness (QED) is 0.779. The Morgan fingerprint density at radius 2 is 2.06 bits per heavy atom. The number of rotatable bonds is 1. The second-order valence-corrected chi connectivity index (χ2v) is 3.91. The van der Waals surface area contributed by atoms with Crippen molar-refractivity contribution in [3.8, 4) is 0 Å². The van der Waals surface area contributed by atoms with Gasteiger partial charge < -0.3 is 10.2 Å². The number of benzene rings is 1. The highest BCUT2D eigenvalue weighted by atomic mass is 15.1. The van der Waals surface area contributed by atoms with Crippen molar-refractivity contribution in [2.45, 2.75) is 33.6 Å². The third kappa shape index (κ3) is 2.91. The van der Waals surface area contributed by atoms with Gasteiger partial charge in [-0.25, -0.2) is 0 Å². The minimum atomic E-state index is 1.09. The van der Waals surface area contributed by atoms with Gasteiger partial charge >= 0.3 is 0 Å². The molecular formula is C14H24N2. The van der Waals surface area contributed by atoms with Gasteiger partial charge in [0.25, 0.3) is 0 Å². The van der Waals surface area contributed by atoms with Gasteiger partial charge in [0.1, 0.15) is 0 Å². The van der Waals surface area contributed by atoms with Crippen LogP contribution < -0.4 is 10.2 Å². The third-order valence-electron chi connectivity index (χ3n) is 2.87. The Morgan fingerprint density at radius 3 is 2.75 bits per heavy atom. The lowest BCUT2D eigenvalue weighted by atomic mass is 10.1. The Hall–Kier alpha value is -1.18. The fourth-order valence-electron chi connectivity index (χ4n) is 1.92. The fraction of sp³-hybridized carbons (Fsp3) is 0.571. The zero-order valence-electron chi connectivity index (χ0n) is 11.0. The van der Waals surface area contributed by atoms with Crippen LogP contribution in [0.15, 0.2) is 18.2 Å². The first-order chi connectivity index (χ1) is 7.81. The lowest BCUT2D eigenvalue weighted by Gasteiger charge is -2.19. The van der Waals surface area contributed by atoms with Gasteiger partial charge in [-0.15, -0.1) is 0 Å². The number of nitrogens with one attached hydrogen (secondary N) is 1. The lowest BCUT2D eigenvalue weighted by Crippen LogP contribution is -2.17. The monoisotopic (exact) mass is 220 g/mol. The zero-order valence-corrected chi connectivity index (χ0v) is 11.0. The molecule has 1 heterocycles. The largest absolute Gasteiger partial charge is 0.383 e. The number of fused-ring (bicyclic) bond motifs is 1. The summed E-state index contributed by atoms with van der Waals surface area (Å²) in [6, 6.07) is 6.72. The summed E-state index contributed by atoms with van der Waals surface area (Å²) in [4.78, 5) is 2.34. The smallest absolute Gasteiger partial charge is 0.0602 e. The van der Waals surface area contributed by atoms with Gasteiger partial charge in [0.15, 0.2) is 0 Å². The van der Waals surface area contributed by atoms with E-state index in [0.29, 0.717) is 0 Å². The van der Waals surface area contributed by atoms with Crippen LogP contribution in [0.3, 0.4) is 0 Å². The van der Waals surface area contributed by atoms with Crippen molar-refractivity contribution < 1.29 is 0 Å². The second kappa shape index (κ2) is 6.41. The van der Waals surface area contributed by atoms with Crippen LogP contribution in [0.2, 0.25) is 0 Å². The number of hydrogen-bond acceptors (Lipinski definition) is 2. The summed E-state index contributed by atoms with van der Waals surface area (Å²) >= 11 is 0. The van der Waals surface area contributed by atoms with Gasteiger partial charge in [-0.1, -0.05) is 26.8 Å². The second-order valence-electron chi connectivity index (χ2n) is 3.91. The molecule has 1 aromatic carbocycles. The SMILES string of the molecule is CC.CCc1ccc2c(c1)N(C)CCCN2. The van der Waals surface area contributed by atoms with Crippen LogP contribution in [-0.2, 0) is 6.42 Å². The van der Waals surface area contributed by atoms with E-state index in [1.165, 1.54) is 23.4 Å². The van der Waals surface area contributed by atoms with Gasteiger partial charge in [0.2, 0.25) is 0 Å². The average molecular weight is 220 g/mol. The van der Waals surface area contributed by atoms with Crippen LogP contribution in [0.25, 0.3) is 0 Å². The molecule has 1 aliphatic rings. The summed E-state index contributed by atoms with van der Waals surface area (Å²) < 4.78 is 0. The molecule has 0 unspecified atom stereocenters. The summed E-state index contributed by atoms with van der Waals surface area (Å²) in [6.07, 6.45) is 2.33. The minimum Gasteiger partial charge on any atom is -0.383 e. The highest BCUT2D eigenvalue weighted by Crippen LogP contribution is 2.28.